The molecule has 5 nitrogen and oxygen atoms in total. The van der Waals surface area contributed by atoms with Crippen molar-refractivity contribution in [2.45, 2.75) is 18.8 Å². The summed E-state index contributed by atoms with van der Waals surface area (Å²) in [6, 6.07) is 8.02. The highest BCUT2D eigenvalue weighted by Gasteiger charge is 2.26. The van der Waals surface area contributed by atoms with Crippen molar-refractivity contribution >= 4 is 0 Å². The van der Waals surface area contributed by atoms with Crippen LogP contribution in [0.1, 0.15) is 24.5 Å². The van der Waals surface area contributed by atoms with Gasteiger partial charge in [-0.15, -0.1) is 0 Å². The van der Waals surface area contributed by atoms with Gasteiger partial charge in [0.15, 0.2) is 5.69 Å². The fourth-order valence-corrected chi connectivity index (χ4v) is 2.12. The van der Waals surface area contributed by atoms with Crippen molar-refractivity contribution in [2.75, 3.05) is 0 Å². The van der Waals surface area contributed by atoms with Crippen LogP contribution in [-0.4, -0.2) is 20.3 Å². The predicted octanol–water partition coefficient (Wildman–Crippen LogP) is 3.14. The van der Waals surface area contributed by atoms with E-state index in [1.54, 1.807) is 12.1 Å². The molecule has 100 valence electrons. The van der Waals surface area contributed by atoms with Crippen molar-refractivity contribution in [2.24, 2.45) is 0 Å². The first-order valence-electron chi connectivity index (χ1n) is 6.45. The van der Waals surface area contributed by atoms with Crippen LogP contribution in [-0.2, 0) is 0 Å². The molecule has 0 atom stereocenters. The quantitative estimate of drug-likeness (QED) is 0.793. The van der Waals surface area contributed by atoms with E-state index in [0.717, 1.165) is 5.69 Å². The molecule has 20 heavy (non-hydrogen) atoms. The second-order valence-electron chi connectivity index (χ2n) is 4.92. The number of nitrogens with zero attached hydrogens (tertiary/aromatic N) is 3. The zero-order valence-electron chi connectivity index (χ0n) is 10.5. The first-order valence-corrected chi connectivity index (χ1v) is 6.45. The minimum Gasteiger partial charge on any atom is -0.332 e. The van der Waals surface area contributed by atoms with E-state index in [1.165, 1.54) is 25.0 Å². The smallest absolute Gasteiger partial charge is 0.278 e. The van der Waals surface area contributed by atoms with Gasteiger partial charge in [-0.2, -0.15) is 10.1 Å². The second-order valence-corrected chi connectivity index (χ2v) is 4.92. The number of nitrogens with one attached hydrogen (secondary N) is 1. The first-order chi connectivity index (χ1) is 9.79. The lowest BCUT2D eigenvalue weighted by Crippen LogP contribution is -1.82. The molecular weight excluding hydrogens is 259 g/mol. The highest BCUT2D eigenvalue weighted by molar-refractivity contribution is 5.57. The lowest BCUT2D eigenvalue weighted by Gasteiger charge is -1.92. The van der Waals surface area contributed by atoms with Gasteiger partial charge in [-0.25, -0.2) is 4.39 Å². The van der Waals surface area contributed by atoms with Crippen molar-refractivity contribution in [3.63, 3.8) is 0 Å². The van der Waals surface area contributed by atoms with Crippen molar-refractivity contribution in [1.82, 2.24) is 20.3 Å². The summed E-state index contributed by atoms with van der Waals surface area (Å²) >= 11 is 0. The van der Waals surface area contributed by atoms with Crippen LogP contribution < -0.4 is 0 Å². The Balaban J connectivity index is 1.66. The number of aromatic amines is 1. The van der Waals surface area contributed by atoms with Crippen LogP contribution in [0.15, 0.2) is 34.9 Å². The molecule has 1 fully saturated rings. The van der Waals surface area contributed by atoms with E-state index in [0.29, 0.717) is 28.9 Å². The van der Waals surface area contributed by atoms with Crippen molar-refractivity contribution in [3.8, 4) is 23.0 Å². The topological polar surface area (TPSA) is 67.6 Å². The number of hydrogen-bond donors (Lipinski definition) is 1. The van der Waals surface area contributed by atoms with Crippen LogP contribution in [0.5, 0.6) is 0 Å². The number of benzene rings is 1. The molecule has 2 aromatic heterocycles. The third-order valence-corrected chi connectivity index (χ3v) is 3.34. The van der Waals surface area contributed by atoms with Gasteiger partial charge in [-0.05, 0) is 31.0 Å². The first kappa shape index (κ1) is 11.3. The molecule has 0 unspecified atom stereocenters. The van der Waals surface area contributed by atoms with Crippen LogP contribution in [0.2, 0.25) is 0 Å². The Labute approximate surface area is 113 Å². The Hall–Kier alpha value is -2.50. The van der Waals surface area contributed by atoms with E-state index in [1.807, 2.05) is 6.07 Å². The van der Waals surface area contributed by atoms with Gasteiger partial charge in [0.25, 0.3) is 5.89 Å². The van der Waals surface area contributed by atoms with E-state index in [4.69, 9.17) is 4.52 Å². The minimum absolute atomic E-state index is 0.329. The van der Waals surface area contributed by atoms with Gasteiger partial charge >= 0.3 is 0 Å². The summed E-state index contributed by atoms with van der Waals surface area (Å²) in [7, 11) is 0. The third kappa shape index (κ3) is 1.99. The van der Waals surface area contributed by atoms with Crippen LogP contribution >= 0.6 is 0 Å². The van der Waals surface area contributed by atoms with E-state index in [2.05, 4.69) is 20.3 Å². The number of hydrogen-bond acceptors (Lipinski definition) is 4. The Kier molecular flexibility index (Phi) is 2.42. The summed E-state index contributed by atoms with van der Waals surface area (Å²) in [5.41, 5.74) is 2.31. The fraction of sp³-hybridized carbons (Fsp3) is 0.214. The van der Waals surface area contributed by atoms with Crippen molar-refractivity contribution < 1.29 is 8.91 Å². The van der Waals surface area contributed by atoms with Gasteiger partial charge in [-0.1, -0.05) is 17.3 Å². The number of H-pyrrole nitrogens is 1. The van der Waals surface area contributed by atoms with Crippen LogP contribution in [0.4, 0.5) is 4.39 Å². The Morgan fingerprint density at radius 1 is 1.25 bits per heavy atom. The third-order valence-electron chi connectivity index (χ3n) is 3.34. The largest absolute Gasteiger partial charge is 0.332 e. The summed E-state index contributed by atoms with van der Waals surface area (Å²) in [5.74, 6) is 0.953. The Morgan fingerprint density at radius 3 is 2.95 bits per heavy atom. The molecule has 1 aliphatic rings. The van der Waals surface area contributed by atoms with Crippen LogP contribution in [0.3, 0.4) is 0 Å². The van der Waals surface area contributed by atoms with Crippen molar-refractivity contribution in [1.29, 1.82) is 0 Å². The van der Waals surface area contributed by atoms with Gasteiger partial charge in [0.2, 0.25) is 5.82 Å². The maximum Gasteiger partial charge on any atom is 0.278 e. The molecule has 1 aliphatic carbocycles. The highest BCUT2D eigenvalue weighted by Crippen LogP contribution is 2.39. The SMILES string of the molecule is Fc1cccc(-c2noc(-c3cc(C4CC4)[nH]n3)n2)c1. The standard InChI is InChI=1S/C14H11FN4O/c15-10-3-1-2-9(6-10)13-16-14(20-19-13)12-7-11(17-18-12)8-4-5-8/h1-3,6-8H,4-5H2,(H,17,18). The van der Waals surface area contributed by atoms with Gasteiger partial charge in [0, 0.05) is 17.2 Å². The maximum absolute atomic E-state index is 13.2. The Bertz CT molecular complexity index is 760. The zero-order chi connectivity index (χ0) is 13.5. The molecule has 2 heterocycles. The summed E-state index contributed by atoms with van der Waals surface area (Å²) < 4.78 is 18.4. The molecule has 0 radical (unpaired) electrons. The summed E-state index contributed by atoms with van der Waals surface area (Å²) in [5, 5.41) is 11.0. The predicted molar refractivity (Wildman–Crippen MR) is 69.2 cm³/mol. The van der Waals surface area contributed by atoms with Crippen LogP contribution in [0, 0.1) is 5.82 Å². The summed E-state index contributed by atoms with van der Waals surface area (Å²) in [4.78, 5) is 4.26. The lowest BCUT2D eigenvalue weighted by atomic mass is 10.2. The van der Waals surface area contributed by atoms with Crippen molar-refractivity contribution in [3.05, 3.63) is 41.8 Å². The van der Waals surface area contributed by atoms with Crippen LogP contribution in [0.25, 0.3) is 23.0 Å². The number of rotatable bonds is 3. The zero-order valence-corrected chi connectivity index (χ0v) is 10.5. The average molecular weight is 270 g/mol. The van der Waals surface area contributed by atoms with E-state index < -0.39 is 0 Å². The highest BCUT2D eigenvalue weighted by atomic mass is 19.1. The van der Waals surface area contributed by atoms with Gasteiger partial charge in [0.1, 0.15) is 5.82 Å². The molecule has 1 saturated carbocycles. The molecule has 0 saturated heterocycles. The van der Waals surface area contributed by atoms with E-state index in [-0.39, 0.29) is 5.82 Å². The van der Waals surface area contributed by atoms with E-state index >= 15 is 0 Å². The molecular formula is C14H11FN4O. The molecule has 1 N–H and O–H groups in total. The molecule has 0 aliphatic heterocycles. The van der Waals surface area contributed by atoms with E-state index in [9.17, 15) is 4.39 Å². The van der Waals surface area contributed by atoms with Gasteiger partial charge in [-0.3, -0.25) is 5.10 Å². The molecule has 4 rings (SSSR count). The summed E-state index contributed by atoms with van der Waals surface area (Å²) in [6.07, 6.45) is 2.39. The molecule has 0 amide bonds. The molecule has 1 aromatic carbocycles. The molecule has 3 aromatic rings. The Morgan fingerprint density at radius 2 is 2.15 bits per heavy atom. The number of aromatic nitrogens is 4. The second kappa shape index (κ2) is 4.26. The van der Waals surface area contributed by atoms with Gasteiger partial charge in [0.05, 0.1) is 0 Å². The van der Waals surface area contributed by atoms with Gasteiger partial charge < -0.3 is 4.52 Å². The average Bonchev–Trinajstić information content (AvgIpc) is 3.01. The minimum atomic E-state index is -0.329. The fourth-order valence-electron chi connectivity index (χ4n) is 2.12. The normalized spacial score (nSPS) is 14.7. The molecule has 0 bridgehead atoms. The molecule has 0 spiro atoms. The monoisotopic (exact) mass is 270 g/mol. The summed E-state index contributed by atoms with van der Waals surface area (Å²) in [6.45, 7) is 0. The molecule has 6 heteroatoms. The maximum atomic E-state index is 13.2. The lowest BCUT2D eigenvalue weighted by molar-refractivity contribution is 0.431. The number of halogens is 1.